The Bertz CT molecular complexity index is 692. The van der Waals surface area contributed by atoms with E-state index in [1.54, 1.807) is 0 Å². The van der Waals surface area contributed by atoms with Gasteiger partial charge in [-0.05, 0) is 31.1 Å². The molecule has 1 amide bonds. The van der Waals surface area contributed by atoms with Gasteiger partial charge in [0.05, 0.1) is 0 Å². The Hall–Kier alpha value is -2.17. The third kappa shape index (κ3) is 4.68. The zero-order valence-electron chi connectivity index (χ0n) is 16.1. The Morgan fingerprint density at radius 3 is 2.40 bits per heavy atom. The maximum Gasteiger partial charge on any atom is 0.250 e. The number of amidine groups is 1. The number of aliphatic imine (C=N–C) groups is 1. The molecule has 0 radical (unpaired) electrons. The highest BCUT2D eigenvalue weighted by atomic mass is 16.2. The molecule has 0 aromatic carbocycles. The first-order chi connectivity index (χ1) is 11.8. The molecule has 136 valence electrons. The number of nitrogens with zero attached hydrogens (tertiary/aromatic N) is 3. The van der Waals surface area contributed by atoms with Crippen LogP contribution in [0, 0.1) is 0 Å². The van der Waals surface area contributed by atoms with E-state index in [4.69, 9.17) is 5.73 Å². The summed E-state index contributed by atoms with van der Waals surface area (Å²) in [6, 6.07) is 3.99. The number of rotatable bonds is 5. The van der Waals surface area contributed by atoms with Gasteiger partial charge >= 0.3 is 0 Å². The molecule has 2 rings (SSSR count). The molecule has 0 saturated carbocycles. The Morgan fingerprint density at radius 1 is 1.20 bits per heavy atom. The van der Waals surface area contributed by atoms with Crippen molar-refractivity contribution in [2.75, 3.05) is 13.1 Å². The predicted octanol–water partition coefficient (Wildman–Crippen LogP) is 3.80. The van der Waals surface area contributed by atoms with Gasteiger partial charge in [0.1, 0.15) is 5.84 Å². The van der Waals surface area contributed by atoms with Crippen LogP contribution in [0.1, 0.15) is 65.1 Å². The molecule has 1 aromatic rings. The largest absolute Gasteiger partial charge is 0.387 e. The second-order valence-corrected chi connectivity index (χ2v) is 7.60. The van der Waals surface area contributed by atoms with Crippen molar-refractivity contribution in [1.82, 2.24) is 9.88 Å². The number of pyridine rings is 1. The summed E-state index contributed by atoms with van der Waals surface area (Å²) >= 11 is 0. The van der Waals surface area contributed by atoms with Gasteiger partial charge in [0, 0.05) is 41.8 Å². The molecule has 0 aliphatic carbocycles. The number of carbonyl (C=O) groups excluding carboxylic acids is 1. The molecule has 0 fully saturated rings. The molecule has 1 aliphatic rings. The number of aromatic nitrogens is 1. The highest BCUT2D eigenvalue weighted by Gasteiger charge is 2.22. The van der Waals surface area contributed by atoms with E-state index in [0.717, 1.165) is 37.2 Å². The van der Waals surface area contributed by atoms with Crippen molar-refractivity contribution < 1.29 is 4.79 Å². The van der Waals surface area contributed by atoms with Gasteiger partial charge in [-0.15, -0.1) is 0 Å². The fourth-order valence-corrected chi connectivity index (χ4v) is 2.88. The SMILES string of the molecule is CCCN(CCC)C(=O)C1=Cc2ccc(C(C)(C)C)nc2N=C(N)C1. The lowest BCUT2D eigenvalue weighted by Crippen LogP contribution is -2.34. The van der Waals surface area contributed by atoms with Gasteiger partial charge in [0.15, 0.2) is 5.82 Å². The third-order valence-corrected chi connectivity index (χ3v) is 4.17. The standard InChI is InChI=1S/C20H30N4O/c1-6-10-24(11-7-2)19(25)15-12-14-8-9-16(20(3,4)5)22-18(14)23-17(21)13-15/h8-9,12H,6-7,10-11,13H2,1-5H3,(H2,21,22,23). The van der Waals surface area contributed by atoms with E-state index < -0.39 is 0 Å². The lowest BCUT2D eigenvalue weighted by molar-refractivity contribution is -0.127. The highest BCUT2D eigenvalue weighted by Crippen LogP contribution is 2.29. The first-order valence-corrected chi connectivity index (χ1v) is 9.10. The van der Waals surface area contributed by atoms with Gasteiger partial charge in [-0.25, -0.2) is 9.98 Å². The lowest BCUT2D eigenvalue weighted by Gasteiger charge is -2.22. The average Bonchev–Trinajstić information content (AvgIpc) is 2.70. The van der Waals surface area contributed by atoms with Crippen LogP contribution >= 0.6 is 0 Å². The minimum absolute atomic E-state index is 0.0506. The van der Waals surface area contributed by atoms with E-state index in [0.29, 0.717) is 23.6 Å². The molecular weight excluding hydrogens is 312 g/mol. The Kier molecular flexibility index (Phi) is 5.98. The van der Waals surface area contributed by atoms with E-state index in [1.807, 2.05) is 23.1 Å². The zero-order valence-corrected chi connectivity index (χ0v) is 16.1. The summed E-state index contributed by atoms with van der Waals surface area (Å²) in [6.45, 7) is 12.0. The fraction of sp³-hybridized carbons (Fsp3) is 0.550. The minimum Gasteiger partial charge on any atom is -0.387 e. The topological polar surface area (TPSA) is 71.6 Å². The van der Waals surface area contributed by atoms with Crippen molar-refractivity contribution in [3.63, 3.8) is 0 Å². The van der Waals surface area contributed by atoms with Crippen LogP contribution in [0.15, 0.2) is 22.7 Å². The predicted molar refractivity (Wildman–Crippen MR) is 104 cm³/mol. The van der Waals surface area contributed by atoms with Gasteiger partial charge in [0.25, 0.3) is 0 Å². The zero-order chi connectivity index (χ0) is 18.6. The van der Waals surface area contributed by atoms with E-state index in [-0.39, 0.29) is 11.3 Å². The summed E-state index contributed by atoms with van der Waals surface area (Å²) in [5, 5.41) is 0. The van der Waals surface area contributed by atoms with Crippen LogP contribution in [0.2, 0.25) is 0 Å². The first-order valence-electron chi connectivity index (χ1n) is 9.10. The second-order valence-electron chi connectivity index (χ2n) is 7.60. The van der Waals surface area contributed by atoms with Crippen LogP contribution in [0.3, 0.4) is 0 Å². The molecule has 1 aliphatic heterocycles. The van der Waals surface area contributed by atoms with Crippen molar-refractivity contribution in [3.05, 3.63) is 29.0 Å². The number of carbonyl (C=O) groups is 1. The molecule has 25 heavy (non-hydrogen) atoms. The second kappa shape index (κ2) is 7.81. The summed E-state index contributed by atoms with van der Waals surface area (Å²) in [5.41, 5.74) is 8.52. The average molecular weight is 342 g/mol. The molecule has 5 heteroatoms. The van der Waals surface area contributed by atoms with Crippen LogP contribution in [0.5, 0.6) is 0 Å². The minimum atomic E-state index is -0.0625. The molecule has 0 atom stereocenters. The summed E-state index contributed by atoms with van der Waals surface area (Å²) in [5.74, 6) is 1.09. The normalized spacial score (nSPS) is 14.3. The lowest BCUT2D eigenvalue weighted by atomic mass is 9.91. The van der Waals surface area contributed by atoms with Crippen LogP contribution in [0.4, 0.5) is 5.82 Å². The number of nitrogens with two attached hydrogens (primary N) is 1. The maximum atomic E-state index is 12.9. The molecule has 0 saturated heterocycles. The highest BCUT2D eigenvalue weighted by molar-refractivity contribution is 6.05. The molecule has 0 unspecified atom stereocenters. The van der Waals surface area contributed by atoms with Crippen molar-refractivity contribution in [2.45, 2.75) is 59.3 Å². The summed E-state index contributed by atoms with van der Waals surface area (Å²) in [4.78, 5) is 24.0. The molecule has 0 bridgehead atoms. The Balaban J connectivity index is 2.41. The summed E-state index contributed by atoms with van der Waals surface area (Å²) in [7, 11) is 0. The van der Waals surface area contributed by atoms with E-state index >= 15 is 0 Å². The van der Waals surface area contributed by atoms with E-state index in [1.165, 1.54) is 0 Å². The van der Waals surface area contributed by atoms with Gasteiger partial charge in [-0.1, -0.05) is 34.6 Å². The molecule has 0 spiro atoms. The third-order valence-electron chi connectivity index (χ3n) is 4.17. The Labute approximate surface area is 151 Å². The van der Waals surface area contributed by atoms with Gasteiger partial charge in [-0.3, -0.25) is 4.79 Å². The molecule has 1 aromatic heterocycles. The number of fused-ring (bicyclic) bond motifs is 1. The molecule has 5 nitrogen and oxygen atoms in total. The van der Waals surface area contributed by atoms with Crippen LogP contribution < -0.4 is 5.73 Å². The molecule has 2 heterocycles. The number of hydrogen-bond donors (Lipinski definition) is 1. The van der Waals surface area contributed by atoms with Gasteiger partial charge < -0.3 is 10.6 Å². The monoisotopic (exact) mass is 342 g/mol. The van der Waals surface area contributed by atoms with Crippen LogP contribution in [0.25, 0.3) is 6.08 Å². The van der Waals surface area contributed by atoms with Gasteiger partial charge in [0.2, 0.25) is 5.91 Å². The molecule has 2 N–H and O–H groups in total. The Morgan fingerprint density at radius 2 is 1.84 bits per heavy atom. The van der Waals surface area contributed by atoms with Crippen LogP contribution in [-0.4, -0.2) is 34.7 Å². The quantitative estimate of drug-likeness (QED) is 0.884. The smallest absolute Gasteiger partial charge is 0.250 e. The van der Waals surface area contributed by atoms with E-state index in [2.05, 4.69) is 44.6 Å². The van der Waals surface area contributed by atoms with Crippen molar-refractivity contribution in [1.29, 1.82) is 0 Å². The summed E-state index contributed by atoms with van der Waals surface area (Å²) < 4.78 is 0. The summed E-state index contributed by atoms with van der Waals surface area (Å²) in [6.07, 6.45) is 4.15. The number of amides is 1. The van der Waals surface area contributed by atoms with Crippen LogP contribution in [-0.2, 0) is 10.2 Å². The van der Waals surface area contributed by atoms with Crippen molar-refractivity contribution in [3.8, 4) is 0 Å². The van der Waals surface area contributed by atoms with Crippen molar-refractivity contribution >= 4 is 23.6 Å². The first kappa shape index (κ1) is 19.2. The maximum absolute atomic E-state index is 12.9. The fourth-order valence-electron chi connectivity index (χ4n) is 2.88. The van der Waals surface area contributed by atoms with Crippen molar-refractivity contribution in [2.24, 2.45) is 10.7 Å². The van der Waals surface area contributed by atoms with Gasteiger partial charge in [-0.2, -0.15) is 0 Å². The number of hydrogen-bond acceptors (Lipinski definition) is 4. The molecular formula is C20H30N4O. The van der Waals surface area contributed by atoms with E-state index in [9.17, 15) is 4.79 Å².